The van der Waals surface area contributed by atoms with Crippen LogP contribution in [0, 0.1) is 5.82 Å². The molecule has 1 aliphatic carbocycles. The summed E-state index contributed by atoms with van der Waals surface area (Å²) in [4.78, 5) is 0. The molecule has 0 aromatic heterocycles. The molecular formula is C10H11FO4S. The van der Waals surface area contributed by atoms with Gasteiger partial charge in [0, 0.05) is 5.92 Å². The van der Waals surface area contributed by atoms with E-state index in [1.54, 1.807) is 6.07 Å². The summed E-state index contributed by atoms with van der Waals surface area (Å²) in [5, 5.41) is -0.791. The molecule has 0 spiro atoms. The Balaban J connectivity index is 2.22. The van der Waals surface area contributed by atoms with Crippen LogP contribution < -0.4 is 4.74 Å². The molecule has 4 nitrogen and oxygen atoms in total. The van der Waals surface area contributed by atoms with E-state index < -0.39 is 21.2 Å². The number of halogens is 1. The van der Waals surface area contributed by atoms with E-state index in [-0.39, 0.29) is 11.7 Å². The fourth-order valence-electron chi connectivity index (χ4n) is 1.76. The van der Waals surface area contributed by atoms with E-state index in [0.29, 0.717) is 12.0 Å². The van der Waals surface area contributed by atoms with Crippen LogP contribution >= 0.6 is 0 Å². The van der Waals surface area contributed by atoms with Gasteiger partial charge in [0.25, 0.3) is 10.1 Å². The monoisotopic (exact) mass is 246 g/mol. The minimum absolute atomic E-state index is 0.118. The highest BCUT2D eigenvalue weighted by molar-refractivity contribution is 7.86. The van der Waals surface area contributed by atoms with E-state index in [0.717, 1.165) is 0 Å². The van der Waals surface area contributed by atoms with E-state index in [1.807, 2.05) is 0 Å². The van der Waals surface area contributed by atoms with Crippen LogP contribution in [0.25, 0.3) is 0 Å². The van der Waals surface area contributed by atoms with Crippen molar-refractivity contribution in [1.82, 2.24) is 0 Å². The van der Waals surface area contributed by atoms with Crippen LogP contribution in [0.1, 0.15) is 17.9 Å². The lowest BCUT2D eigenvalue weighted by Gasteiger charge is -2.04. The van der Waals surface area contributed by atoms with Crippen molar-refractivity contribution in [2.75, 3.05) is 7.11 Å². The molecule has 0 bridgehead atoms. The molecular weight excluding hydrogens is 235 g/mol. The Labute approximate surface area is 92.8 Å². The zero-order chi connectivity index (χ0) is 11.9. The maximum Gasteiger partial charge on any atom is 0.268 e. The second kappa shape index (κ2) is 3.71. The molecule has 6 heteroatoms. The van der Waals surface area contributed by atoms with Crippen LogP contribution in [-0.4, -0.2) is 25.3 Å². The molecule has 1 aromatic rings. The largest absolute Gasteiger partial charge is 0.494 e. The van der Waals surface area contributed by atoms with Crippen molar-refractivity contribution in [3.63, 3.8) is 0 Å². The van der Waals surface area contributed by atoms with Crippen LogP contribution in [0.4, 0.5) is 4.39 Å². The van der Waals surface area contributed by atoms with Gasteiger partial charge in [0.2, 0.25) is 0 Å². The topological polar surface area (TPSA) is 63.6 Å². The molecule has 0 aliphatic heterocycles. The van der Waals surface area contributed by atoms with E-state index in [9.17, 15) is 12.8 Å². The summed E-state index contributed by atoms with van der Waals surface area (Å²) in [7, 11) is -2.65. The summed E-state index contributed by atoms with van der Waals surface area (Å²) >= 11 is 0. The molecule has 2 rings (SSSR count). The Kier molecular flexibility index (Phi) is 2.63. The lowest BCUT2D eigenvalue weighted by molar-refractivity contribution is 0.386. The van der Waals surface area contributed by atoms with Crippen LogP contribution in [0.3, 0.4) is 0 Å². The van der Waals surface area contributed by atoms with Crippen molar-refractivity contribution in [2.45, 2.75) is 17.6 Å². The standard InChI is InChI=1S/C10H11FO4S/c1-15-9-3-2-6(4-8(9)11)7-5-10(7)16(12,13)14/h2-4,7,10H,5H2,1H3,(H,12,13,14)/t7-,10-/m1/s1. The number of methoxy groups -OCH3 is 1. The van der Waals surface area contributed by atoms with Gasteiger partial charge in [-0.2, -0.15) is 8.42 Å². The molecule has 0 unspecified atom stereocenters. The van der Waals surface area contributed by atoms with Gasteiger partial charge >= 0.3 is 0 Å². The van der Waals surface area contributed by atoms with Crippen molar-refractivity contribution < 1.29 is 22.1 Å². The lowest BCUT2D eigenvalue weighted by atomic mass is 10.1. The molecule has 0 amide bonds. The maximum absolute atomic E-state index is 13.3. The summed E-state index contributed by atoms with van der Waals surface area (Å²) in [6.45, 7) is 0. The van der Waals surface area contributed by atoms with Gasteiger partial charge in [-0.25, -0.2) is 4.39 Å². The Morgan fingerprint density at radius 2 is 2.19 bits per heavy atom. The summed E-state index contributed by atoms with van der Waals surface area (Å²) < 4.78 is 48.5. The van der Waals surface area contributed by atoms with Crippen molar-refractivity contribution in [1.29, 1.82) is 0 Å². The predicted molar refractivity (Wildman–Crippen MR) is 55.6 cm³/mol. The number of rotatable bonds is 3. The van der Waals surface area contributed by atoms with Gasteiger partial charge in [0.05, 0.1) is 12.4 Å². The summed E-state index contributed by atoms with van der Waals surface area (Å²) in [6.07, 6.45) is 0.338. The molecule has 0 heterocycles. The third-order valence-corrected chi connectivity index (χ3v) is 4.00. The van der Waals surface area contributed by atoms with E-state index in [1.165, 1.54) is 19.2 Å². The SMILES string of the molecule is COc1ccc([C@H]2C[C@H]2S(=O)(=O)O)cc1F. The van der Waals surface area contributed by atoms with Gasteiger partial charge in [-0.3, -0.25) is 4.55 Å². The number of hydrogen-bond acceptors (Lipinski definition) is 3. The molecule has 1 aromatic carbocycles. The highest BCUT2D eigenvalue weighted by Gasteiger charge is 2.47. The highest BCUT2D eigenvalue weighted by atomic mass is 32.2. The van der Waals surface area contributed by atoms with Crippen molar-refractivity contribution >= 4 is 10.1 Å². The van der Waals surface area contributed by atoms with Gasteiger partial charge < -0.3 is 4.74 Å². The fraction of sp³-hybridized carbons (Fsp3) is 0.400. The minimum Gasteiger partial charge on any atom is -0.494 e. The first kappa shape index (κ1) is 11.3. The minimum atomic E-state index is -4.01. The number of hydrogen-bond donors (Lipinski definition) is 1. The van der Waals surface area contributed by atoms with Crippen LogP contribution in [0.2, 0.25) is 0 Å². The van der Waals surface area contributed by atoms with Crippen molar-refractivity contribution in [3.05, 3.63) is 29.6 Å². The smallest absolute Gasteiger partial charge is 0.268 e. The summed E-state index contributed by atoms with van der Waals surface area (Å²) in [6, 6.07) is 4.30. The second-order valence-corrected chi connectivity index (χ2v) is 5.43. The van der Waals surface area contributed by atoms with Gasteiger partial charge in [-0.15, -0.1) is 0 Å². The Morgan fingerprint density at radius 1 is 1.50 bits per heavy atom. The van der Waals surface area contributed by atoms with Crippen LogP contribution in [-0.2, 0) is 10.1 Å². The third kappa shape index (κ3) is 2.03. The molecule has 1 saturated carbocycles. The number of ether oxygens (including phenoxy) is 1. The maximum atomic E-state index is 13.3. The van der Waals surface area contributed by atoms with Crippen LogP contribution in [0.5, 0.6) is 5.75 Å². The van der Waals surface area contributed by atoms with Crippen molar-refractivity contribution in [2.24, 2.45) is 0 Å². The predicted octanol–water partition coefficient (Wildman–Crippen LogP) is 1.58. The second-order valence-electron chi connectivity index (χ2n) is 3.79. The first-order chi connectivity index (χ1) is 7.43. The Hall–Kier alpha value is -1.14. The van der Waals surface area contributed by atoms with E-state index in [4.69, 9.17) is 9.29 Å². The molecule has 2 atom stereocenters. The normalized spacial score (nSPS) is 24.2. The van der Waals surface area contributed by atoms with Gasteiger partial charge in [-0.1, -0.05) is 6.07 Å². The summed E-state index contributed by atoms with van der Waals surface area (Å²) in [5.74, 6) is -0.718. The number of benzene rings is 1. The van der Waals surface area contributed by atoms with E-state index in [2.05, 4.69) is 0 Å². The molecule has 1 fully saturated rings. The van der Waals surface area contributed by atoms with Gasteiger partial charge in [0.15, 0.2) is 11.6 Å². The Morgan fingerprint density at radius 3 is 2.62 bits per heavy atom. The molecule has 88 valence electrons. The molecule has 16 heavy (non-hydrogen) atoms. The zero-order valence-electron chi connectivity index (χ0n) is 8.55. The molecule has 1 aliphatic rings. The average molecular weight is 246 g/mol. The summed E-state index contributed by atoms with van der Waals surface area (Å²) in [5.41, 5.74) is 0.570. The average Bonchev–Trinajstić information content (AvgIpc) is 2.96. The first-order valence-corrected chi connectivity index (χ1v) is 6.23. The quantitative estimate of drug-likeness (QED) is 0.822. The molecule has 0 saturated heterocycles. The molecule has 1 N–H and O–H groups in total. The lowest BCUT2D eigenvalue weighted by Crippen LogP contribution is -2.06. The van der Waals surface area contributed by atoms with Gasteiger partial charge in [0.1, 0.15) is 0 Å². The zero-order valence-corrected chi connectivity index (χ0v) is 9.37. The molecule has 0 radical (unpaired) electrons. The first-order valence-electron chi connectivity index (χ1n) is 4.73. The van der Waals surface area contributed by atoms with Gasteiger partial charge in [-0.05, 0) is 24.1 Å². The third-order valence-electron chi connectivity index (χ3n) is 2.72. The van der Waals surface area contributed by atoms with Crippen LogP contribution in [0.15, 0.2) is 18.2 Å². The Bertz CT molecular complexity index is 512. The van der Waals surface area contributed by atoms with E-state index >= 15 is 0 Å². The fourth-order valence-corrected chi connectivity index (χ4v) is 2.79. The van der Waals surface area contributed by atoms with Crippen molar-refractivity contribution in [3.8, 4) is 5.75 Å². The highest BCUT2D eigenvalue weighted by Crippen LogP contribution is 2.46.